The molecule has 0 aliphatic carbocycles. The van der Waals surface area contributed by atoms with E-state index in [-0.39, 0.29) is 18.3 Å². The summed E-state index contributed by atoms with van der Waals surface area (Å²) in [5.41, 5.74) is 0.648. The fraction of sp³-hybridized carbons (Fsp3) is 0.375. The monoisotopic (exact) mass is 188 g/mol. The van der Waals surface area contributed by atoms with E-state index in [2.05, 4.69) is 4.98 Å². The molecule has 0 aromatic carbocycles. The number of H-pyrrole nitrogens is 1. The van der Waals surface area contributed by atoms with Crippen LogP contribution in [0.4, 0.5) is 0 Å². The van der Waals surface area contributed by atoms with Crippen LogP contribution in [0.3, 0.4) is 0 Å². The predicted octanol–water partition coefficient (Wildman–Crippen LogP) is 1.53. The fourth-order valence-electron chi connectivity index (χ4n) is 0.813. The first-order valence-corrected chi connectivity index (χ1v) is 3.64. The second-order valence-electron chi connectivity index (χ2n) is 2.40. The smallest absolute Gasteiger partial charge is 0.269 e. The predicted molar refractivity (Wildman–Crippen MR) is 50.7 cm³/mol. The summed E-state index contributed by atoms with van der Waals surface area (Å²) in [5.74, 6) is 0.0394. The maximum Gasteiger partial charge on any atom is 0.269 e. The average molecular weight is 189 g/mol. The Hall–Kier alpha value is -0.960. The lowest BCUT2D eigenvalue weighted by molar-refractivity contribution is 0.0797. The largest absolute Gasteiger partial charge is 0.357 e. The highest BCUT2D eigenvalue weighted by molar-refractivity contribution is 5.92. The molecule has 68 valence electrons. The highest BCUT2D eigenvalue weighted by Gasteiger charge is 2.08. The summed E-state index contributed by atoms with van der Waals surface area (Å²) in [7, 11) is 1.78. The minimum atomic E-state index is 0. The number of nitrogens with zero attached hydrogens (tertiary/aromatic N) is 1. The molecule has 4 heteroatoms. The van der Waals surface area contributed by atoms with E-state index in [4.69, 9.17) is 0 Å². The number of halogens is 1. The summed E-state index contributed by atoms with van der Waals surface area (Å²) in [4.78, 5) is 15.9. The molecule has 1 amide bonds. The zero-order valence-electron chi connectivity index (χ0n) is 7.20. The van der Waals surface area contributed by atoms with E-state index in [1.165, 1.54) is 0 Å². The number of rotatable bonds is 2. The molecule has 0 aliphatic heterocycles. The highest BCUT2D eigenvalue weighted by Crippen LogP contribution is 1.98. The minimum Gasteiger partial charge on any atom is -0.357 e. The van der Waals surface area contributed by atoms with E-state index in [1.54, 1.807) is 24.2 Å². The number of carbonyl (C=O) groups is 1. The normalized spacial score (nSPS) is 8.83. The SMILES string of the molecule is CCN(C)C(=O)c1ccc[nH]1.Cl. The minimum absolute atomic E-state index is 0. The Morgan fingerprint density at radius 2 is 2.33 bits per heavy atom. The van der Waals surface area contributed by atoms with E-state index < -0.39 is 0 Å². The number of hydrogen-bond acceptors (Lipinski definition) is 1. The van der Waals surface area contributed by atoms with Crippen molar-refractivity contribution >= 4 is 18.3 Å². The Morgan fingerprint density at radius 1 is 1.67 bits per heavy atom. The number of aromatic nitrogens is 1. The quantitative estimate of drug-likeness (QED) is 0.751. The van der Waals surface area contributed by atoms with Gasteiger partial charge in [0.15, 0.2) is 0 Å². The first-order valence-electron chi connectivity index (χ1n) is 3.64. The second-order valence-corrected chi connectivity index (χ2v) is 2.40. The highest BCUT2D eigenvalue weighted by atomic mass is 35.5. The Kier molecular flexibility index (Phi) is 4.44. The van der Waals surface area contributed by atoms with Gasteiger partial charge in [-0.3, -0.25) is 4.79 Å². The van der Waals surface area contributed by atoms with Crippen LogP contribution in [0.5, 0.6) is 0 Å². The number of carbonyl (C=O) groups excluding carboxylic acids is 1. The maximum absolute atomic E-state index is 11.3. The van der Waals surface area contributed by atoms with Gasteiger partial charge in [0.25, 0.3) is 5.91 Å². The molecule has 12 heavy (non-hydrogen) atoms. The molecule has 0 bridgehead atoms. The molecule has 0 radical (unpaired) electrons. The molecule has 0 saturated carbocycles. The molecular formula is C8H13ClN2O. The van der Waals surface area contributed by atoms with Gasteiger partial charge >= 0.3 is 0 Å². The van der Waals surface area contributed by atoms with Crippen molar-refractivity contribution in [2.45, 2.75) is 6.92 Å². The van der Waals surface area contributed by atoms with Gasteiger partial charge in [-0.25, -0.2) is 0 Å². The molecule has 0 atom stereocenters. The molecule has 3 nitrogen and oxygen atoms in total. The van der Waals surface area contributed by atoms with Crippen molar-refractivity contribution in [2.24, 2.45) is 0 Å². The van der Waals surface area contributed by atoms with Crippen molar-refractivity contribution in [2.75, 3.05) is 13.6 Å². The third kappa shape index (κ3) is 2.27. The molecule has 0 aliphatic rings. The summed E-state index contributed by atoms with van der Waals surface area (Å²) in [5, 5.41) is 0. The molecule has 1 aromatic rings. The molecule has 1 aromatic heterocycles. The second kappa shape index (κ2) is 4.83. The average Bonchev–Trinajstić information content (AvgIpc) is 2.53. The van der Waals surface area contributed by atoms with Gasteiger partial charge in [-0.1, -0.05) is 0 Å². The van der Waals surface area contributed by atoms with Crippen molar-refractivity contribution in [1.29, 1.82) is 0 Å². The van der Waals surface area contributed by atoms with E-state index in [9.17, 15) is 4.79 Å². The summed E-state index contributed by atoms with van der Waals surface area (Å²) in [6.45, 7) is 2.68. The molecule has 0 unspecified atom stereocenters. The number of amides is 1. The Balaban J connectivity index is 0.00000121. The lowest BCUT2D eigenvalue weighted by Gasteiger charge is -2.12. The van der Waals surface area contributed by atoms with Gasteiger partial charge in [-0.05, 0) is 19.1 Å². The van der Waals surface area contributed by atoms with Crippen LogP contribution >= 0.6 is 12.4 Å². The van der Waals surface area contributed by atoms with Gasteiger partial charge in [0, 0.05) is 19.8 Å². The number of aromatic amines is 1. The van der Waals surface area contributed by atoms with Gasteiger partial charge in [0.1, 0.15) is 5.69 Å². The fourth-order valence-corrected chi connectivity index (χ4v) is 0.813. The van der Waals surface area contributed by atoms with Gasteiger partial charge in [0.2, 0.25) is 0 Å². The van der Waals surface area contributed by atoms with Crippen LogP contribution in [0, 0.1) is 0 Å². The number of hydrogen-bond donors (Lipinski definition) is 1. The van der Waals surface area contributed by atoms with E-state index in [1.807, 2.05) is 13.0 Å². The lowest BCUT2D eigenvalue weighted by Crippen LogP contribution is -2.26. The maximum atomic E-state index is 11.3. The van der Waals surface area contributed by atoms with Crippen molar-refractivity contribution in [1.82, 2.24) is 9.88 Å². The Labute approximate surface area is 78.2 Å². The first kappa shape index (κ1) is 11.0. The third-order valence-corrected chi connectivity index (χ3v) is 1.65. The van der Waals surface area contributed by atoms with Gasteiger partial charge in [-0.15, -0.1) is 12.4 Å². The summed E-state index contributed by atoms with van der Waals surface area (Å²) in [6, 6.07) is 3.59. The molecule has 0 spiro atoms. The van der Waals surface area contributed by atoms with Gasteiger partial charge in [-0.2, -0.15) is 0 Å². The van der Waals surface area contributed by atoms with Crippen LogP contribution in [0.1, 0.15) is 17.4 Å². The summed E-state index contributed by atoms with van der Waals surface area (Å²) < 4.78 is 0. The van der Waals surface area contributed by atoms with E-state index >= 15 is 0 Å². The topological polar surface area (TPSA) is 36.1 Å². The van der Waals surface area contributed by atoms with Gasteiger partial charge in [0.05, 0.1) is 0 Å². The van der Waals surface area contributed by atoms with E-state index in [0.29, 0.717) is 5.69 Å². The molecule has 1 heterocycles. The lowest BCUT2D eigenvalue weighted by atomic mass is 10.4. The number of nitrogens with one attached hydrogen (secondary N) is 1. The Morgan fingerprint density at radius 3 is 2.75 bits per heavy atom. The van der Waals surface area contributed by atoms with Crippen molar-refractivity contribution in [3.63, 3.8) is 0 Å². The molecule has 0 fully saturated rings. The molecule has 1 N–H and O–H groups in total. The zero-order valence-corrected chi connectivity index (χ0v) is 8.02. The van der Waals surface area contributed by atoms with Crippen molar-refractivity contribution < 1.29 is 4.79 Å². The van der Waals surface area contributed by atoms with E-state index in [0.717, 1.165) is 6.54 Å². The van der Waals surface area contributed by atoms with Crippen LogP contribution in [-0.4, -0.2) is 29.4 Å². The van der Waals surface area contributed by atoms with Crippen LogP contribution in [0.25, 0.3) is 0 Å². The Bertz CT molecular complexity index is 233. The van der Waals surface area contributed by atoms with Crippen LogP contribution in [0.2, 0.25) is 0 Å². The standard InChI is InChI=1S/C8H12N2O.ClH/c1-3-10(2)8(11)7-5-4-6-9-7;/h4-6,9H,3H2,1-2H3;1H. The van der Waals surface area contributed by atoms with Crippen LogP contribution in [0.15, 0.2) is 18.3 Å². The van der Waals surface area contributed by atoms with Crippen LogP contribution < -0.4 is 0 Å². The summed E-state index contributed by atoms with van der Waals surface area (Å²) in [6.07, 6.45) is 1.75. The summed E-state index contributed by atoms with van der Waals surface area (Å²) >= 11 is 0. The molecule has 0 saturated heterocycles. The first-order chi connectivity index (χ1) is 5.25. The zero-order chi connectivity index (χ0) is 8.27. The molecular weight excluding hydrogens is 176 g/mol. The third-order valence-electron chi connectivity index (χ3n) is 1.65. The van der Waals surface area contributed by atoms with Crippen LogP contribution in [-0.2, 0) is 0 Å². The van der Waals surface area contributed by atoms with Crippen molar-refractivity contribution in [3.05, 3.63) is 24.0 Å². The molecule has 1 rings (SSSR count). The van der Waals surface area contributed by atoms with Crippen molar-refractivity contribution in [3.8, 4) is 0 Å². The van der Waals surface area contributed by atoms with Gasteiger partial charge < -0.3 is 9.88 Å².